The first-order valence-corrected chi connectivity index (χ1v) is 21.6. The Balaban J connectivity index is 1.91. The molecule has 4 rings (SSSR count). The van der Waals surface area contributed by atoms with E-state index in [1.54, 1.807) is 78.1 Å². The first-order valence-electron chi connectivity index (χ1n) is 21.6. The average molecular weight is 872 g/mol. The van der Waals surface area contributed by atoms with Crippen LogP contribution in [0.3, 0.4) is 0 Å². The minimum absolute atomic E-state index is 0.125. The van der Waals surface area contributed by atoms with E-state index in [9.17, 15) is 29.3 Å². The summed E-state index contributed by atoms with van der Waals surface area (Å²) in [6, 6.07) is 12.5. The minimum atomic E-state index is -1.99. The van der Waals surface area contributed by atoms with Crippen LogP contribution in [0.5, 0.6) is 5.75 Å². The lowest BCUT2D eigenvalue weighted by Crippen LogP contribution is -2.60. The summed E-state index contributed by atoms with van der Waals surface area (Å²) in [5.74, 6) is -4.52. The van der Waals surface area contributed by atoms with Gasteiger partial charge >= 0.3 is 11.9 Å². The van der Waals surface area contributed by atoms with Crippen molar-refractivity contribution in [2.45, 2.75) is 148 Å². The Kier molecular flexibility index (Phi) is 17.8. The topological polar surface area (TPSA) is 178 Å². The van der Waals surface area contributed by atoms with Crippen molar-refractivity contribution in [2.24, 2.45) is 33.9 Å². The molecular formula is C47H70FN3O11. The lowest BCUT2D eigenvalue weighted by atomic mass is 9.73. The maximum absolute atomic E-state index is 14.4. The molecule has 14 atom stereocenters. The number of aliphatic hydroxyl groups is 3. The van der Waals surface area contributed by atoms with Crippen LogP contribution in [0.25, 0.3) is 0 Å². The summed E-state index contributed by atoms with van der Waals surface area (Å²) >= 11 is 0. The van der Waals surface area contributed by atoms with E-state index in [4.69, 9.17) is 33.5 Å². The van der Waals surface area contributed by atoms with Gasteiger partial charge in [-0.15, -0.1) is 0 Å². The van der Waals surface area contributed by atoms with E-state index in [0.717, 1.165) is 0 Å². The molecule has 0 bridgehead atoms. The van der Waals surface area contributed by atoms with Gasteiger partial charge in [0.05, 0.1) is 49.1 Å². The summed E-state index contributed by atoms with van der Waals surface area (Å²) in [6.07, 6.45) is -6.78. The standard InChI is InChI=1S/C47H70FN3O11/c1-14-37-47(9,56)42(54)28(4)39(50-49-31(7)33-17-19-34(48)20-18-33)26(2)25-46(8,58-13)43(62-45-40(53)36(51(10)11)23-27(3)59-45)29(5)41(30(6)44(55)60-37)61-38(52)24-32-15-21-35(57-12)22-16-32/h15-22,26-30,36-37,40-43,45,53-54,56H,14,23-25H2,1-13H3. The number of cyclic esters (lactones) is 1. The molecular weight excluding hydrogens is 802 g/mol. The first-order chi connectivity index (χ1) is 29.1. The highest BCUT2D eigenvalue weighted by atomic mass is 19.1. The number of halogens is 1. The van der Waals surface area contributed by atoms with Crippen molar-refractivity contribution in [1.29, 1.82) is 0 Å². The Hall–Kier alpha value is -3.83. The molecule has 0 spiro atoms. The second-order valence-corrected chi connectivity index (χ2v) is 17.9. The Morgan fingerprint density at radius 3 is 2.18 bits per heavy atom. The number of ether oxygens (including phenoxy) is 6. The highest BCUT2D eigenvalue weighted by molar-refractivity contribution is 5.99. The number of carbonyl (C=O) groups excluding carboxylic acids is 2. The quantitative estimate of drug-likeness (QED) is 0.142. The van der Waals surface area contributed by atoms with Gasteiger partial charge in [0.1, 0.15) is 35.5 Å². The zero-order valence-corrected chi connectivity index (χ0v) is 38.7. The number of carbonyl (C=O) groups is 2. The molecule has 2 heterocycles. The molecule has 2 aliphatic heterocycles. The van der Waals surface area contributed by atoms with Gasteiger partial charge in [0.25, 0.3) is 0 Å². The van der Waals surface area contributed by atoms with E-state index in [2.05, 4.69) is 5.10 Å². The zero-order chi connectivity index (χ0) is 46.3. The fraction of sp³-hybridized carbons (Fsp3) is 0.660. The second kappa shape index (κ2) is 21.7. The van der Waals surface area contributed by atoms with Gasteiger partial charge < -0.3 is 48.6 Å². The van der Waals surface area contributed by atoms with Crippen molar-refractivity contribution in [3.05, 3.63) is 65.5 Å². The number of aliphatic hydroxyl groups excluding tert-OH is 2. The monoisotopic (exact) mass is 871 g/mol. The molecule has 2 aromatic carbocycles. The summed E-state index contributed by atoms with van der Waals surface area (Å²) in [5.41, 5.74) is -1.13. The van der Waals surface area contributed by atoms with E-state index in [1.165, 1.54) is 26.2 Å². The van der Waals surface area contributed by atoms with Crippen molar-refractivity contribution in [3.8, 4) is 5.75 Å². The van der Waals surface area contributed by atoms with Crippen LogP contribution in [0.4, 0.5) is 4.39 Å². The van der Waals surface area contributed by atoms with Gasteiger partial charge in [-0.3, -0.25) is 9.59 Å². The summed E-state index contributed by atoms with van der Waals surface area (Å²) in [4.78, 5) is 30.2. The van der Waals surface area contributed by atoms with E-state index in [1.807, 2.05) is 39.8 Å². The van der Waals surface area contributed by atoms with Crippen LogP contribution < -0.4 is 4.74 Å². The predicted octanol–water partition coefficient (Wildman–Crippen LogP) is 5.75. The second-order valence-electron chi connectivity index (χ2n) is 17.9. The lowest BCUT2D eigenvalue weighted by Gasteiger charge is -2.48. The molecule has 2 fully saturated rings. The van der Waals surface area contributed by atoms with Gasteiger partial charge in [-0.1, -0.05) is 52.0 Å². The van der Waals surface area contributed by atoms with Crippen LogP contribution in [0.2, 0.25) is 0 Å². The number of methoxy groups -OCH3 is 2. The van der Waals surface area contributed by atoms with E-state index in [0.29, 0.717) is 34.7 Å². The molecule has 2 aliphatic rings. The maximum atomic E-state index is 14.4. The molecule has 0 radical (unpaired) electrons. The summed E-state index contributed by atoms with van der Waals surface area (Å²) in [7, 11) is 6.81. The van der Waals surface area contributed by atoms with Gasteiger partial charge in [0.2, 0.25) is 0 Å². The Bertz CT molecular complexity index is 1840. The van der Waals surface area contributed by atoms with Crippen molar-refractivity contribution < 1.29 is 57.7 Å². The number of esters is 2. The third-order valence-corrected chi connectivity index (χ3v) is 12.9. The van der Waals surface area contributed by atoms with Crippen LogP contribution >= 0.6 is 0 Å². The lowest BCUT2D eigenvalue weighted by molar-refractivity contribution is -0.301. The number of hydrogen-bond donors (Lipinski definition) is 3. The average Bonchev–Trinajstić information content (AvgIpc) is 3.23. The fourth-order valence-electron chi connectivity index (χ4n) is 8.97. The van der Waals surface area contributed by atoms with E-state index >= 15 is 0 Å². The number of benzene rings is 2. The van der Waals surface area contributed by atoms with Gasteiger partial charge in [-0.25, -0.2) is 4.39 Å². The minimum Gasteiger partial charge on any atom is -0.497 e. The zero-order valence-electron chi connectivity index (χ0n) is 38.7. The van der Waals surface area contributed by atoms with E-state index in [-0.39, 0.29) is 31.4 Å². The smallest absolute Gasteiger partial charge is 0.312 e. The van der Waals surface area contributed by atoms with Gasteiger partial charge in [0, 0.05) is 30.7 Å². The number of likely N-dealkylation sites (N-methyl/N-ethyl adjacent to an activating group) is 1. The molecule has 62 heavy (non-hydrogen) atoms. The molecule has 0 amide bonds. The van der Waals surface area contributed by atoms with Crippen molar-refractivity contribution in [3.63, 3.8) is 0 Å². The van der Waals surface area contributed by atoms with Crippen molar-refractivity contribution >= 4 is 23.4 Å². The molecule has 14 nitrogen and oxygen atoms in total. The summed E-state index contributed by atoms with van der Waals surface area (Å²) in [5, 5.41) is 45.1. The number of hydrogen-bond acceptors (Lipinski definition) is 14. The van der Waals surface area contributed by atoms with Gasteiger partial charge in [-0.05, 0) is 109 Å². The third-order valence-electron chi connectivity index (χ3n) is 12.9. The van der Waals surface area contributed by atoms with Crippen LogP contribution in [-0.2, 0) is 39.7 Å². The Morgan fingerprint density at radius 1 is 0.984 bits per heavy atom. The van der Waals surface area contributed by atoms with E-state index < -0.39 is 89.4 Å². The molecule has 2 aromatic rings. The van der Waals surface area contributed by atoms with Crippen molar-refractivity contribution in [2.75, 3.05) is 28.3 Å². The predicted molar refractivity (Wildman–Crippen MR) is 233 cm³/mol. The number of nitrogens with zero attached hydrogens (tertiary/aromatic N) is 3. The first kappa shape index (κ1) is 50.8. The largest absolute Gasteiger partial charge is 0.497 e. The SMILES string of the molecule is CCC1OC(=O)C(C)C(OC(=O)Cc2ccc(OC)cc2)C(C)C(OC2OC(C)CC(N(C)C)C2O)C(C)(OC)CC(C)C(=NN=C(C)c2ccc(F)cc2)C(C)C(O)C1(C)O. The summed E-state index contributed by atoms with van der Waals surface area (Å²) < 4.78 is 51.1. The van der Waals surface area contributed by atoms with Crippen LogP contribution in [0, 0.1) is 29.5 Å². The molecule has 15 heteroatoms. The van der Waals surface area contributed by atoms with Crippen LogP contribution in [0.15, 0.2) is 58.7 Å². The van der Waals surface area contributed by atoms with Gasteiger partial charge in [-0.2, -0.15) is 10.2 Å². The molecule has 3 N–H and O–H groups in total. The molecule has 0 aliphatic carbocycles. The van der Waals surface area contributed by atoms with Crippen LogP contribution in [0.1, 0.15) is 92.7 Å². The molecule has 0 aromatic heterocycles. The third kappa shape index (κ3) is 12.0. The maximum Gasteiger partial charge on any atom is 0.312 e. The molecule has 0 saturated carbocycles. The highest BCUT2D eigenvalue weighted by Crippen LogP contribution is 2.40. The van der Waals surface area contributed by atoms with Crippen LogP contribution in [-0.4, -0.2) is 132 Å². The van der Waals surface area contributed by atoms with Crippen molar-refractivity contribution in [1.82, 2.24) is 4.90 Å². The Labute approximate surface area is 366 Å². The summed E-state index contributed by atoms with van der Waals surface area (Å²) in [6.45, 7) is 15.6. The molecule has 2 saturated heterocycles. The molecule has 14 unspecified atom stereocenters. The highest BCUT2D eigenvalue weighted by Gasteiger charge is 2.52. The fourth-order valence-corrected chi connectivity index (χ4v) is 8.97. The number of rotatable bonds is 11. The Morgan fingerprint density at radius 2 is 1.61 bits per heavy atom. The normalized spacial score (nSPS) is 36.2. The molecule has 346 valence electrons. The van der Waals surface area contributed by atoms with Gasteiger partial charge in [0.15, 0.2) is 6.29 Å².